The average molecular weight is 425 g/mol. The van der Waals surface area contributed by atoms with E-state index in [9.17, 15) is 0 Å². The molecular weight excluding hydrogens is 380 g/mol. The Labute approximate surface area is 180 Å². The van der Waals surface area contributed by atoms with Crippen LogP contribution in [0.15, 0.2) is 30.3 Å². The normalized spacial score (nSPS) is 13.0. The summed E-state index contributed by atoms with van der Waals surface area (Å²) in [7, 11) is -2.52. The van der Waals surface area contributed by atoms with Gasteiger partial charge >= 0.3 is 8.80 Å². The van der Waals surface area contributed by atoms with Crippen LogP contribution in [-0.4, -0.2) is 48.3 Å². The average Bonchev–Trinajstić information content (AvgIpc) is 2.70. The smallest absolute Gasteiger partial charge is 0.374 e. The molecule has 0 radical (unpaired) electrons. The molecule has 2 N–H and O–H groups in total. The molecule has 0 heterocycles. The van der Waals surface area contributed by atoms with Gasteiger partial charge in [-0.3, -0.25) is 0 Å². The van der Waals surface area contributed by atoms with Gasteiger partial charge in [-0.05, 0) is 64.7 Å². The van der Waals surface area contributed by atoms with E-state index in [1.807, 2.05) is 20.8 Å². The van der Waals surface area contributed by atoms with Crippen molar-refractivity contribution in [2.45, 2.75) is 66.0 Å². The van der Waals surface area contributed by atoms with Crippen LogP contribution in [0.4, 0.5) is 0 Å². The van der Waals surface area contributed by atoms with Gasteiger partial charge in [0, 0.05) is 32.4 Å². The highest BCUT2D eigenvalue weighted by Crippen LogP contribution is 2.21. The topological polar surface area (TPSA) is 51.8 Å². The third kappa shape index (κ3) is 12.5. The molecule has 1 atom stereocenters. The van der Waals surface area contributed by atoms with Crippen LogP contribution in [-0.2, 0) is 19.8 Å². The lowest BCUT2D eigenvalue weighted by Gasteiger charge is -2.30. The van der Waals surface area contributed by atoms with Gasteiger partial charge in [0.05, 0.1) is 0 Å². The summed E-state index contributed by atoms with van der Waals surface area (Å²) in [5.41, 5.74) is 1.36. The molecule has 0 saturated carbocycles. The van der Waals surface area contributed by atoms with E-state index in [0.717, 1.165) is 32.2 Å². The number of hydrogen-bond acceptors (Lipinski definition) is 5. The molecule has 0 bridgehead atoms. The summed E-state index contributed by atoms with van der Waals surface area (Å²) in [6.07, 6.45) is 5.04. The first-order valence-electron chi connectivity index (χ1n) is 11.5. The molecule has 1 unspecified atom stereocenters. The minimum absolute atomic E-state index is 0.480. The van der Waals surface area contributed by atoms with Crippen LogP contribution in [0, 0.1) is 5.92 Å². The summed E-state index contributed by atoms with van der Waals surface area (Å²) in [5.74, 6) is 0.480. The molecule has 0 saturated heterocycles. The van der Waals surface area contributed by atoms with Gasteiger partial charge < -0.3 is 23.9 Å². The SMILES string of the molecule is CCO[Si](CC(C)CNCCCCCCNCc1ccccc1)(OCC)OCC. The summed E-state index contributed by atoms with van der Waals surface area (Å²) in [4.78, 5) is 0. The Morgan fingerprint density at radius 3 is 1.90 bits per heavy atom. The Hall–Kier alpha value is -0.763. The third-order valence-corrected chi connectivity index (χ3v) is 8.20. The molecule has 0 aromatic heterocycles. The highest BCUT2D eigenvalue weighted by molar-refractivity contribution is 6.60. The minimum Gasteiger partial charge on any atom is -0.374 e. The molecule has 0 amide bonds. The lowest BCUT2D eigenvalue weighted by atomic mass is 10.1. The maximum Gasteiger partial charge on any atom is 0.501 e. The monoisotopic (exact) mass is 424 g/mol. The van der Waals surface area contributed by atoms with Crippen molar-refractivity contribution in [2.24, 2.45) is 5.92 Å². The molecule has 0 aliphatic rings. The molecule has 0 fully saturated rings. The van der Waals surface area contributed by atoms with Crippen LogP contribution in [0.1, 0.15) is 58.9 Å². The Morgan fingerprint density at radius 1 is 0.793 bits per heavy atom. The number of unbranched alkanes of at least 4 members (excludes halogenated alkanes) is 3. The quantitative estimate of drug-likeness (QED) is 0.251. The van der Waals surface area contributed by atoms with Crippen LogP contribution in [0.2, 0.25) is 6.04 Å². The van der Waals surface area contributed by atoms with Crippen molar-refractivity contribution in [3.63, 3.8) is 0 Å². The van der Waals surface area contributed by atoms with Gasteiger partial charge in [-0.15, -0.1) is 0 Å². The van der Waals surface area contributed by atoms with Crippen LogP contribution < -0.4 is 10.6 Å². The van der Waals surface area contributed by atoms with Gasteiger partial charge in [-0.25, -0.2) is 0 Å². The summed E-state index contributed by atoms with van der Waals surface area (Å²) < 4.78 is 17.9. The maximum absolute atomic E-state index is 5.96. The maximum atomic E-state index is 5.96. The molecule has 168 valence electrons. The molecule has 6 heteroatoms. The van der Waals surface area contributed by atoms with Crippen LogP contribution >= 0.6 is 0 Å². The lowest BCUT2D eigenvalue weighted by molar-refractivity contribution is 0.0676. The van der Waals surface area contributed by atoms with Crippen LogP contribution in [0.25, 0.3) is 0 Å². The minimum atomic E-state index is -2.52. The number of nitrogens with one attached hydrogen (secondary N) is 2. The Bertz CT molecular complexity index is 473. The second-order valence-corrected chi connectivity index (χ2v) is 10.2. The zero-order chi connectivity index (χ0) is 21.2. The molecule has 0 aliphatic heterocycles. The molecule has 5 nitrogen and oxygen atoms in total. The second-order valence-electron chi connectivity index (χ2n) is 7.57. The predicted octanol–water partition coefficient (Wildman–Crippen LogP) is 4.61. The van der Waals surface area contributed by atoms with Gasteiger partial charge in [0.15, 0.2) is 0 Å². The van der Waals surface area contributed by atoms with E-state index in [4.69, 9.17) is 13.3 Å². The van der Waals surface area contributed by atoms with Crippen molar-refractivity contribution in [3.05, 3.63) is 35.9 Å². The predicted molar refractivity (Wildman–Crippen MR) is 124 cm³/mol. The standard InChI is InChI=1S/C23H44N2O3Si/c1-5-26-29(27-6-2,28-7-3)21-22(4)19-24-17-13-8-9-14-18-25-20-23-15-11-10-12-16-23/h10-12,15-16,22,24-25H,5-9,13-14,17-21H2,1-4H3. The van der Waals surface area contributed by atoms with E-state index in [1.54, 1.807) is 0 Å². The van der Waals surface area contributed by atoms with Crippen molar-refractivity contribution in [3.8, 4) is 0 Å². The van der Waals surface area contributed by atoms with E-state index in [2.05, 4.69) is 47.9 Å². The molecule has 29 heavy (non-hydrogen) atoms. The Morgan fingerprint density at radius 2 is 1.34 bits per heavy atom. The largest absolute Gasteiger partial charge is 0.501 e. The van der Waals surface area contributed by atoms with Gasteiger partial charge in [0.1, 0.15) is 0 Å². The van der Waals surface area contributed by atoms with Gasteiger partial charge in [0.2, 0.25) is 0 Å². The first-order chi connectivity index (χ1) is 14.2. The first kappa shape index (κ1) is 26.3. The fourth-order valence-electron chi connectivity index (χ4n) is 3.49. The molecule has 1 rings (SSSR count). The van der Waals surface area contributed by atoms with Crippen molar-refractivity contribution >= 4 is 8.80 Å². The summed E-state index contributed by atoms with van der Waals surface area (Å²) in [5, 5.41) is 7.12. The number of rotatable bonds is 19. The summed E-state index contributed by atoms with van der Waals surface area (Å²) >= 11 is 0. The molecular formula is C23H44N2O3Si. The highest BCUT2D eigenvalue weighted by Gasteiger charge is 2.41. The fourth-order valence-corrected chi connectivity index (χ4v) is 6.41. The van der Waals surface area contributed by atoms with Crippen molar-refractivity contribution in [1.29, 1.82) is 0 Å². The zero-order valence-corrected chi connectivity index (χ0v) is 20.2. The highest BCUT2D eigenvalue weighted by atomic mass is 28.4. The fraction of sp³-hybridized carbons (Fsp3) is 0.739. The van der Waals surface area contributed by atoms with Crippen molar-refractivity contribution in [1.82, 2.24) is 10.6 Å². The number of benzene rings is 1. The Kier molecular flexibility index (Phi) is 15.4. The van der Waals surface area contributed by atoms with E-state index < -0.39 is 8.80 Å². The van der Waals surface area contributed by atoms with Gasteiger partial charge in [-0.1, -0.05) is 50.1 Å². The molecule has 0 aliphatic carbocycles. The lowest BCUT2D eigenvalue weighted by Crippen LogP contribution is -2.48. The summed E-state index contributed by atoms with van der Waals surface area (Å²) in [6.45, 7) is 14.4. The van der Waals surface area contributed by atoms with Gasteiger partial charge in [-0.2, -0.15) is 0 Å². The van der Waals surface area contributed by atoms with E-state index in [0.29, 0.717) is 25.7 Å². The van der Waals surface area contributed by atoms with E-state index >= 15 is 0 Å². The second kappa shape index (κ2) is 17.0. The van der Waals surface area contributed by atoms with Crippen molar-refractivity contribution in [2.75, 3.05) is 39.5 Å². The third-order valence-electron chi connectivity index (χ3n) is 4.81. The van der Waals surface area contributed by atoms with E-state index in [1.165, 1.54) is 31.2 Å². The van der Waals surface area contributed by atoms with Crippen LogP contribution in [0.5, 0.6) is 0 Å². The van der Waals surface area contributed by atoms with Crippen LogP contribution in [0.3, 0.4) is 0 Å². The summed E-state index contributed by atoms with van der Waals surface area (Å²) in [6, 6.07) is 11.5. The number of hydrogen-bond donors (Lipinski definition) is 2. The molecule has 1 aromatic rings. The Balaban J connectivity index is 2.05. The molecule has 1 aromatic carbocycles. The first-order valence-corrected chi connectivity index (χ1v) is 13.5. The van der Waals surface area contributed by atoms with E-state index in [-0.39, 0.29) is 0 Å². The van der Waals surface area contributed by atoms with Gasteiger partial charge in [0.25, 0.3) is 0 Å². The zero-order valence-electron chi connectivity index (χ0n) is 19.2. The molecule has 0 spiro atoms. The van der Waals surface area contributed by atoms with Crippen molar-refractivity contribution < 1.29 is 13.3 Å².